The van der Waals surface area contributed by atoms with E-state index in [2.05, 4.69) is 0 Å². The van der Waals surface area contributed by atoms with Crippen molar-refractivity contribution in [3.05, 3.63) is 64.3 Å². The number of allylic oxidation sites excluding steroid dienone is 2. The smallest absolute Gasteiger partial charge is 0.232 e. The zero-order chi connectivity index (χ0) is 20.5. The van der Waals surface area contributed by atoms with E-state index in [0.29, 0.717) is 47.0 Å². The van der Waals surface area contributed by atoms with Crippen molar-refractivity contribution >= 4 is 29.0 Å². The lowest BCUT2D eigenvalue weighted by atomic mass is 9.77. The molecule has 4 rings (SSSR count). The largest absolute Gasteiger partial charge is 0.497 e. The summed E-state index contributed by atoms with van der Waals surface area (Å²) < 4.78 is 10.9. The number of halogens is 1. The van der Waals surface area contributed by atoms with Gasteiger partial charge < -0.3 is 9.47 Å². The number of carbonyl (C=O) groups excluding carboxylic acids is 2. The third kappa shape index (κ3) is 3.40. The summed E-state index contributed by atoms with van der Waals surface area (Å²) in [5.74, 6) is 0.837. The fraction of sp³-hybridized carbons (Fsp3) is 0.304. The van der Waals surface area contributed by atoms with E-state index in [-0.39, 0.29) is 24.0 Å². The predicted molar refractivity (Wildman–Crippen MR) is 112 cm³/mol. The molecular formula is C23H22ClNO4. The minimum absolute atomic E-state index is 0.0792. The van der Waals surface area contributed by atoms with E-state index in [1.54, 1.807) is 43.4 Å². The highest BCUT2D eigenvalue weighted by atomic mass is 35.5. The summed E-state index contributed by atoms with van der Waals surface area (Å²) in [6.07, 6.45) is 2.02. The molecule has 1 atom stereocenters. The van der Waals surface area contributed by atoms with Gasteiger partial charge in [0.2, 0.25) is 5.91 Å². The second-order valence-corrected chi connectivity index (χ2v) is 7.59. The molecule has 0 N–H and O–H groups in total. The summed E-state index contributed by atoms with van der Waals surface area (Å²) in [5, 5.41) is 0.572. The van der Waals surface area contributed by atoms with Crippen LogP contribution in [-0.4, -0.2) is 25.9 Å². The van der Waals surface area contributed by atoms with Crippen molar-refractivity contribution in [2.24, 2.45) is 0 Å². The molecule has 0 fully saturated rings. The maximum Gasteiger partial charge on any atom is 0.232 e. The van der Waals surface area contributed by atoms with Gasteiger partial charge in [0.05, 0.1) is 19.9 Å². The van der Waals surface area contributed by atoms with Gasteiger partial charge in [-0.25, -0.2) is 0 Å². The van der Waals surface area contributed by atoms with Crippen LogP contribution >= 0.6 is 11.6 Å². The van der Waals surface area contributed by atoms with Crippen LogP contribution in [0.3, 0.4) is 0 Å². The Morgan fingerprint density at radius 1 is 1.03 bits per heavy atom. The molecule has 5 nitrogen and oxygen atoms in total. The molecule has 0 aromatic heterocycles. The van der Waals surface area contributed by atoms with Crippen LogP contribution in [-0.2, 0) is 9.59 Å². The topological polar surface area (TPSA) is 55.8 Å². The van der Waals surface area contributed by atoms with Gasteiger partial charge in [-0.15, -0.1) is 0 Å². The number of nitrogens with zero attached hydrogens (tertiary/aromatic N) is 1. The number of anilines is 1. The molecule has 0 radical (unpaired) electrons. The van der Waals surface area contributed by atoms with Gasteiger partial charge in [0.1, 0.15) is 11.5 Å². The number of methoxy groups -OCH3 is 2. The lowest BCUT2D eigenvalue weighted by molar-refractivity contribution is -0.119. The zero-order valence-electron chi connectivity index (χ0n) is 16.4. The highest BCUT2D eigenvalue weighted by molar-refractivity contribution is 6.31. The molecule has 1 unspecified atom stereocenters. The number of Topliss-reactive ketones (excluding diaryl/α,β-unsaturated/α-hetero) is 1. The molecule has 2 aromatic carbocycles. The first-order valence-corrected chi connectivity index (χ1v) is 9.98. The molecule has 1 amide bonds. The number of hydrogen-bond acceptors (Lipinski definition) is 4. The van der Waals surface area contributed by atoms with E-state index in [1.165, 1.54) is 0 Å². The summed E-state index contributed by atoms with van der Waals surface area (Å²) in [6.45, 7) is 0. The van der Waals surface area contributed by atoms with Crippen molar-refractivity contribution in [2.75, 3.05) is 19.1 Å². The summed E-state index contributed by atoms with van der Waals surface area (Å²) in [7, 11) is 3.14. The fourth-order valence-electron chi connectivity index (χ4n) is 4.27. The predicted octanol–water partition coefficient (Wildman–Crippen LogP) is 4.88. The fourth-order valence-corrected chi connectivity index (χ4v) is 4.53. The molecule has 0 spiro atoms. The van der Waals surface area contributed by atoms with Gasteiger partial charge in [0.15, 0.2) is 5.78 Å². The van der Waals surface area contributed by atoms with E-state index >= 15 is 0 Å². The average molecular weight is 412 g/mol. The van der Waals surface area contributed by atoms with Crippen LogP contribution in [0.15, 0.2) is 53.7 Å². The number of benzene rings is 2. The molecule has 2 aromatic rings. The number of ether oxygens (including phenoxy) is 2. The van der Waals surface area contributed by atoms with Crippen LogP contribution in [0.1, 0.15) is 37.2 Å². The Balaban J connectivity index is 1.91. The minimum Gasteiger partial charge on any atom is -0.497 e. The van der Waals surface area contributed by atoms with Gasteiger partial charge >= 0.3 is 0 Å². The zero-order valence-corrected chi connectivity index (χ0v) is 17.2. The Morgan fingerprint density at radius 2 is 1.83 bits per heavy atom. The maximum absolute atomic E-state index is 13.4. The van der Waals surface area contributed by atoms with Crippen LogP contribution in [0.2, 0.25) is 5.02 Å². The second-order valence-electron chi connectivity index (χ2n) is 7.18. The molecule has 0 saturated heterocycles. The molecule has 2 aliphatic rings. The molecule has 1 aliphatic carbocycles. The van der Waals surface area contributed by atoms with Crippen LogP contribution in [0, 0.1) is 0 Å². The SMILES string of the molecule is COc1ccc(OC)c(N2C(=O)CC(c3ccccc3Cl)C3=C2CCCC3=O)c1. The van der Waals surface area contributed by atoms with Crippen molar-refractivity contribution < 1.29 is 19.1 Å². The molecule has 6 heteroatoms. The number of carbonyl (C=O) groups is 2. The van der Waals surface area contributed by atoms with Gasteiger partial charge in [-0.3, -0.25) is 14.5 Å². The summed E-state index contributed by atoms with van der Waals surface area (Å²) in [6, 6.07) is 12.8. The Hall–Kier alpha value is -2.79. The van der Waals surface area contributed by atoms with Crippen molar-refractivity contribution in [1.29, 1.82) is 0 Å². The van der Waals surface area contributed by atoms with E-state index < -0.39 is 0 Å². The Bertz CT molecular complexity index is 1010. The van der Waals surface area contributed by atoms with Gasteiger partial charge in [-0.1, -0.05) is 29.8 Å². The molecule has 1 heterocycles. The second kappa shape index (κ2) is 7.91. The molecule has 1 aliphatic heterocycles. The van der Waals surface area contributed by atoms with Crippen molar-refractivity contribution in [3.8, 4) is 11.5 Å². The number of hydrogen-bond donors (Lipinski definition) is 0. The summed E-state index contributed by atoms with van der Waals surface area (Å²) in [4.78, 5) is 28.0. The molecule has 29 heavy (non-hydrogen) atoms. The number of ketones is 1. The standard InChI is InChI=1S/C23H22ClNO4/c1-28-14-10-11-21(29-2)19(12-14)25-18-8-5-9-20(26)23(18)16(13-22(25)27)15-6-3-4-7-17(15)24/h3-4,6-7,10-12,16H,5,8-9,13H2,1-2H3. The minimum atomic E-state index is -0.327. The Labute approximate surface area is 174 Å². The maximum atomic E-state index is 13.4. The Morgan fingerprint density at radius 3 is 2.55 bits per heavy atom. The first-order valence-electron chi connectivity index (χ1n) is 9.60. The monoisotopic (exact) mass is 411 g/mol. The van der Waals surface area contributed by atoms with E-state index in [0.717, 1.165) is 11.3 Å². The van der Waals surface area contributed by atoms with Crippen LogP contribution in [0.25, 0.3) is 0 Å². The molecular weight excluding hydrogens is 390 g/mol. The summed E-state index contributed by atoms with van der Waals surface area (Å²) >= 11 is 6.43. The van der Waals surface area contributed by atoms with Crippen molar-refractivity contribution in [2.45, 2.75) is 31.6 Å². The average Bonchev–Trinajstić information content (AvgIpc) is 2.73. The van der Waals surface area contributed by atoms with Crippen LogP contribution in [0.4, 0.5) is 5.69 Å². The molecule has 150 valence electrons. The third-order valence-corrected chi connectivity index (χ3v) is 5.93. The normalized spacial score (nSPS) is 19.3. The molecule has 0 saturated carbocycles. The molecule has 0 bridgehead atoms. The van der Waals surface area contributed by atoms with E-state index in [4.69, 9.17) is 21.1 Å². The van der Waals surface area contributed by atoms with Gasteiger partial charge in [0, 0.05) is 41.1 Å². The number of amides is 1. The third-order valence-electron chi connectivity index (χ3n) is 5.58. The van der Waals surface area contributed by atoms with Crippen LogP contribution in [0.5, 0.6) is 11.5 Å². The van der Waals surface area contributed by atoms with E-state index in [9.17, 15) is 9.59 Å². The number of rotatable bonds is 4. The first kappa shape index (κ1) is 19.5. The Kier molecular flexibility index (Phi) is 5.33. The van der Waals surface area contributed by atoms with Gasteiger partial charge in [-0.2, -0.15) is 0 Å². The lowest BCUT2D eigenvalue weighted by Gasteiger charge is -2.39. The van der Waals surface area contributed by atoms with Gasteiger partial charge in [-0.05, 0) is 36.6 Å². The van der Waals surface area contributed by atoms with Crippen molar-refractivity contribution in [3.63, 3.8) is 0 Å². The quantitative estimate of drug-likeness (QED) is 0.719. The highest BCUT2D eigenvalue weighted by Gasteiger charge is 2.41. The summed E-state index contributed by atoms with van der Waals surface area (Å²) in [5.41, 5.74) is 2.85. The van der Waals surface area contributed by atoms with Crippen LogP contribution < -0.4 is 14.4 Å². The van der Waals surface area contributed by atoms with Gasteiger partial charge in [0.25, 0.3) is 0 Å². The lowest BCUT2D eigenvalue weighted by Crippen LogP contribution is -2.40. The highest BCUT2D eigenvalue weighted by Crippen LogP contribution is 2.47. The first-order chi connectivity index (χ1) is 14.0. The van der Waals surface area contributed by atoms with Crippen molar-refractivity contribution in [1.82, 2.24) is 0 Å². The van der Waals surface area contributed by atoms with E-state index in [1.807, 2.05) is 18.2 Å².